The molecule has 4 aliphatic rings. The number of ether oxygens (including phenoxy) is 2. The smallest absolute Gasteiger partial charge is 0.120 e. The first-order chi connectivity index (χ1) is 16.0. The van der Waals surface area contributed by atoms with Crippen molar-refractivity contribution in [3.05, 3.63) is 42.2 Å². The Morgan fingerprint density at radius 2 is 2.15 bits per heavy atom. The summed E-state index contributed by atoms with van der Waals surface area (Å²) in [4.78, 5) is 9.57. The molecule has 1 aliphatic carbocycles. The molecule has 1 aromatic carbocycles. The topological polar surface area (TPSA) is 87.4 Å². The minimum Gasteiger partial charge on any atom is -0.488 e. The molecule has 3 heterocycles. The normalized spacial score (nSPS) is 26.5. The van der Waals surface area contributed by atoms with E-state index in [2.05, 4.69) is 45.1 Å². The average Bonchev–Trinajstić information content (AvgIpc) is 3.34. The Hall–Kier alpha value is -2.55. The van der Waals surface area contributed by atoms with Crippen LogP contribution in [0.4, 0.5) is 5.69 Å². The van der Waals surface area contributed by atoms with Crippen LogP contribution in [0.3, 0.4) is 0 Å². The highest BCUT2D eigenvalue weighted by molar-refractivity contribution is 5.81. The summed E-state index contributed by atoms with van der Waals surface area (Å²) in [5, 5.41) is 3.34. The molecule has 8 nitrogen and oxygen atoms in total. The summed E-state index contributed by atoms with van der Waals surface area (Å²) in [6.07, 6.45) is 8.92. The van der Waals surface area contributed by atoms with Gasteiger partial charge in [-0.1, -0.05) is 6.58 Å². The van der Waals surface area contributed by atoms with E-state index < -0.39 is 0 Å². The van der Waals surface area contributed by atoms with Crippen LogP contribution >= 0.6 is 0 Å². The van der Waals surface area contributed by atoms with E-state index in [-0.39, 0.29) is 11.6 Å². The molecule has 1 saturated carbocycles. The molecule has 0 bridgehead atoms. The number of nitrogens with two attached hydrogens (primary N) is 1. The minimum atomic E-state index is -0.162. The Balaban J connectivity index is 1.24. The first-order valence-electron chi connectivity index (χ1n) is 12.1. The highest BCUT2D eigenvalue weighted by atomic mass is 16.5. The zero-order chi connectivity index (χ0) is 22.8. The standard InChI is InChI=1S/C25H36N6O2/c1-18(21-14-19(5-6-22(21)29-26)33-25(2)7-8-25)23-15-24(28-17-27-23)31-11-9-30(10-12-31)16-20-4-3-13-32-20/h5-6,14-15,17,20,23,29H,1,3-4,7-13,16,26H2,2H3,(H,27,28)/t20?,23-/m1/s1. The summed E-state index contributed by atoms with van der Waals surface area (Å²) in [6.45, 7) is 12.5. The number of nitrogen functional groups attached to an aromatic ring is 1. The van der Waals surface area contributed by atoms with Gasteiger partial charge >= 0.3 is 0 Å². The number of nitrogens with zero attached hydrogens (tertiary/aromatic N) is 3. The van der Waals surface area contributed by atoms with Gasteiger partial charge in [0, 0.05) is 44.9 Å². The summed E-state index contributed by atoms with van der Waals surface area (Å²) in [6, 6.07) is 5.77. The highest BCUT2D eigenvalue weighted by Gasteiger charge is 2.40. The molecule has 2 atom stereocenters. The van der Waals surface area contributed by atoms with E-state index in [1.54, 1.807) is 6.34 Å². The molecule has 0 spiro atoms. The van der Waals surface area contributed by atoms with Crippen LogP contribution in [0.5, 0.6) is 5.75 Å². The van der Waals surface area contributed by atoms with E-state index in [9.17, 15) is 0 Å². The Morgan fingerprint density at radius 1 is 1.33 bits per heavy atom. The van der Waals surface area contributed by atoms with E-state index in [4.69, 9.17) is 15.3 Å². The van der Waals surface area contributed by atoms with Crippen LogP contribution in [0, 0.1) is 0 Å². The van der Waals surface area contributed by atoms with Crippen molar-refractivity contribution in [2.24, 2.45) is 10.8 Å². The second kappa shape index (κ2) is 9.37. The Bertz CT molecular complexity index is 927. The number of hydrazine groups is 1. The molecule has 8 heteroatoms. The predicted molar refractivity (Wildman–Crippen MR) is 132 cm³/mol. The van der Waals surface area contributed by atoms with Gasteiger partial charge in [0.2, 0.25) is 0 Å². The molecular weight excluding hydrogens is 416 g/mol. The fourth-order valence-corrected chi connectivity index (χ4v) is 4.76. The lowest BCUT2D eigenvalue weighted by Crippen LogP contribution is -2.50. The maximum absolute atomic E-state index is 6.17. The van der Waals surface area contributed by atoms with Crippen molar-refractivity contribution in [3.63, 3.8) is 0 Å². The molecule has 3 aliphatic heterocycles. The van der Waals surface area contributed by atoms with Crippen LogP contribution < -0.4 is 21.3 Å². The highest BCUT2D eigenvalue weighted by Crippen LogP contribution is 2.41. The Labute approximate surface area is 196 Å². The summed E-state index contributed by atoms with van der Waals surface area (Å²) in [5.74, 6) is 7.74. The number of rotatable bonds is 8. The van der Waals surface area contributed by atoms with Crippen molar-refractivity contribution in [3.8, 4) is 5.75 Å². The van der Waals surface area contributed by atoms with E-state index in [1.807, 2.05) is 18.2 Å². The number of aliphatic imine (C=N–C) groups is 1. The van der Waals surface area contributed by atoms with E-state index >= 15 is 0 Å². The van der Waals surface area contributed by atoms with Gasteiger partial charge in [-0.15, -0.1) is 0 Å². The molecule has 4 N–H and O–H groups in total. The van der Waals surface area contributed by atoms with Gasteiger partial charge in [0.15, 0.2) is 0 Å². The lowest BCUT2D eigenvalue weighted by Gasteiger charge is -2.38. The Kier molecular flexibility index (Phi) is 6.32. The fourth-order valence-electron chi connectivity index (χ4n) is 4.76. The van der Waals surface area contributed by atoms with Crippen LogP contribution in [-0.4, -0.2) is 73.2 Å². The molecule has 1 aromatic rings. The van der Waals surface area contributed by atoms with E-state index in [1.165, 1.54) is 12.8 Å². The van der Waals surface area contributed by atoms with Crippen molar-refractivity contribution >= 4 is 17.6 Å². The lowest BCUT2D eigenvalue weighted by molar-refractivity contribution is 0.0555. The summed E-state index contributed by atoms with van der Waals surface area (Å²) in [7, 11) is 0. The van der Waals surface area contributed by atoms with Gasteiger partial charge in [-0.3, -0.25) is 15.7 Å². The van der Waals surface area contributed by atoms with Crippen LogP contribution in [0.15, 0.2) is 41.7 Å². The van der Waals surface area contributed by atoms with Gasteiger partial charge in [-0.05, 0) is 62.5 Å². The molecular formula is C25H36N6O2. The number of piperazine rings is 1. The van der Waals surface area contributed by atoms with Gasteiger partial charge in [0.25, 0.3) is 0 Å². The predicted octanol–water partition coefficient (Wildman–Crippen LogP) is 2.55. The number of anilines is 1. The van der Waals surface area contributed by atoms with Gasteiger partial charge in [-0.25, -0.2) is 0 Å². The third-order valence-electron chi connectivity index (χ3n) is 7.13. The van der Waals surface area contributed by atoms with Crippen LogP contribution in [0.1, 0.15) is 38.2 Å². The fraction of sp³-hybridized carbons (Fsp3) is 0.560. The molecule has 1 unspecified atom stereocenters. The molecule has 2 saturated heterocycles. The zero-order valence-corrected chi connectivity index (χ0v) is 19.6. The second-order valence-corrected chi connectivity index (χ2v) is 9.77. The van der Waals surface area contributed by atoms with Crippen molar-refractivity contribution < 1.29 is 9.47 Å². The Morgan fingerprint density at radius 3 is 2.85 bits per heavy atom. The first-order valence-corrected chi connectivity index (χ1v) is 12.1. The maximum Gasteiger partial charge on any atom is 0.120 e. The van der Waals surface area contributed by atoms with Crippen molar-refractivity contribution in [1.29, 1.82) is 0 Å². The van der Waals surface area contributed by atoms with E-state index in [0.29, 0.717) is 6.10 Å². The molecule has 0 aromatic heterocycles. The largest absolute Gasteiger partial charge is 0.488 e. The maximum atomic E-state index is 6.17. The summed E-state index contributed by atoms with van der Waals surface area (Å²) < 4.78 is 12.0. The molecule has 3 fully saturated rings. The molecule has 5 rings (SSSR count). The number of hydrogen-bond acceptors (Lipinski definition) is 8. The van der Waals surface area contributed by atoms with Crippen molar-refractivity contribution in [1.82, 2.24) is 15.1 Å². The van der Waals surface area contributed by atoms with Gasteiger partial charge < -0.3 is 25.1 Å². The minimum absolute atomic E-state index is 0.0394. The number of nitrogens with one attached hydrogen (secondary N) is 2. The molecule has 33 heavy (non-hydrogen) atoms. The average molecular weight is 453 g/mol. The van der Waals surface area contributed by atoms with Crippen LogP contribution in [0.2, 0.25) is 0 Å². The number of hydrogen-bond donors (Lipinski definition) is 3. The van der Waals surface area contributed by atoms with Crippen molar-refractivity contribution in [2.45, 2.75) is 50.4 Å². The van der Waals surface area contributed by atoms with Crippen molar-refractivity contribution in [2.75, 3.05) is 44.8 Å². The molecule has 0 amide bonds. The molecule has 0 radical (unpaired) electrons. The van der Waals surface area contributed by atoms with Crippen LogP contribution in [-0.2, 0) is 4.74 Å². The lowest BCUT2D eigenvalue weighted by atomic mass is 9.97. The van der Waals surface area contributed by atoms with Gasteiger partial charge in [-0.2, -0.15) is 0 Å². The monoisotopic (exact) mass is 452 g/mol. The van der Waals surface area contributed by atoms with E-state index in [0.717, 1.165) is 80.6 Å². The van der Waals surface area contributed by atoms with Crippen LogP contribution in [0.25, 0.3) is 5.57 Å². The van der Waals surface area contributed by atoms with Gasteiger partial charge in [0.05, 0.1) is 24.2 Å². The second-order valence-electron chi connectivity index (χ2n) is 9.77. The quantitative estimate of drug-likeness (QED) is 0.413. The molecule has 178 valence electrons. The third kappa shape index (κ3) is 5.18. The third-order valence-corrected chi connectivity index (χ3v) is 7.13. The zero-order valence-electron chi connectivity index (χ0n) is 19.6. The SMILES string of the molecule is C=C(c1cc(OC2(C)CC2)ccc1NN)[C@H]1C=C(N2CCN(CC3CCCO3)CC2)NC=N1. The van der Waals surface area contributed by atoms with Gasteiger partial charge in [0.1, 0.15) is 17.2 Å². The first kappa shape index (κ1) is 22.3. The summed E-state index contributed by atoms with van der Waals surface area (Å²) in [5.41, 5.74) is 5.40. The summed E-state index contributed by atoms with van der Waals surface area (Å²) >= 11 is 0. The number of benzene rings is 1.